The zero-order valence-corrected chi connectivity index (χ0v) is 8.62. The molecule has 5 heteroatoms. The molecule has 2 N–H and O–H groups in total. The summed E-state index contributed by atoms with van der Waals surface area (Å²) in [6.45, 7) is 1.75. The molecular formula is C11H10FN3O. The van der Waals surface area contributed by atoms with Crippen molar-refractivity contribution in [1.29, 1.82) is 0 Å². The maximum absolute atomic E-state index is 13.0. The molecule has 0 saturated heterocycles. The van der Waals surface area contributed by atoms with Crippen LogP contribution in [0.1, 0.15) is 15.9 Å². The molecule has 0 aliphatic carbocycles. The molecule has 2 rings (SSSR count). The van der Waals surface area contributed by atoms with Gasteiger partial charge in [-0.15, -0.1) is 0 Å². The summed E-state index contributed by atoms with van der Waals surface area (Å²) in [6.07, 6.45) is 1.52. The Morgan fingerprint density at radius 2 is 2.25 bits per heavy atom. The van der Waals surface area contributed by atoms with Crippen molar-refractivity contribution in [3.63, 3.8) is 0 Å². The van der Waals surface area contributed by atoms with Crippen molar-refractivity contribution in [2.75, 3.05) is 5.32 Å². The van der Waals surface area contributed by atoms with Crippen LogP contribution in [0.5, 0.6) is 0 Å². The maximum Gasteiger partial charge on any atom is 0.257 e. The molecule has 0 aliphatic heterocycles. The molecule has 0 radical (unpaired) electrons. The van der Waals surface area contributed by atoms with Crippen LogP contribution in [0.3, 0.4) is 0 Å². The number of carbonyl (C=O) groups excluding carboxylic acids is 1. The lowest BCUT2D eigenvalue weighted by Crippen LogP contribution is -2.13. The number of aromatic amines is 1. The van der Waals surface area contributed by atoms with E-state index in [9.17, 15) is 9.18 Å². The monoisotopic (exact) mass is 219 g/mol. The van der Waals surface area contributed by atoms with Gasteiger partial charge in [0.1, 0.15) is 11.6 Å². The fraction of sp³-hybridized carbons (Fsp3) is 0.0909. The minimum atomic E-state index is -0.430. The molecule has 0 unspecified atom stereocenters. The Hall–Kier alpha value is -2.17. The van der Waals surface area contributed by atoms with Crippen molar-refractivity contribution < 1.29 is 9.18 Å². The number of aryl methyl sites for hydroxylation is 1. The third kappa shape index (κ3) is 2.08. The predicted octanol–water partition coefficient (Wildman–Crippen LogP) is 2.11. The number of nitrogens with one attached hydrogen (secondary N) is 2. The van der Waals surface area contributed by atoms with Crippen molar-refractivity contribution in [2.45, 2.75) is 6.92 Å². The SMILES string of the molecule is Cc1ccc(F)cc1C(=O)Nc1ccn[nH]1. The van der Waals surface area contributed by atoms with Crippen molar-refractivity contribution in [2.24, 2.45) is 0 Å². The van der Waals surface area contributed by atoms with Gasteiger partial charge in [-0.25, -0.2) is 4.39 Å². The summed E-state index contributed by atoms with van der Waals surface area (Å²) in [7, 11) is 0. The molecule has 1 aromatic carbocycles. The third-order valence-corrected chi connectivity index (χ3v) is 2.19. The number of anilines is 1. The number of nitrogens with zero attached hydrogens (tertiary/aromatic N) is 1. The summed E-state index contributed by atoms with van der Waals surface area (Å²) in [5.41, 5.74) is 1.04. The van der Waals surface area contributed by atoms with Crippen LogP contribution in [0.25, 0.3) is 0 Å². The molecule has 0 fully saturated rings. The van der Waals surface area contributed by atoms with E-state index in [-0.39, 0.29) is 5.91 Å². The van der Waals surface area contributed by atoms with Crippen LogP contribution in [-0.2, 0) is 0 Å². The molecular weight excluding hydrogens is 209 g/mol. The lowest BCUT2D eigenvalue weighted by Gasteiger charge is -2.05. The van der Waals surface area contributed by atoms with Crippen LogP contribution in [-0.4, -0.2) is 16.1 Å². The summed E-state index contributed by atoms with van der Waals surface area (Å²) >= 11 is 0. The predicted molar refractivity (Wildman–Crippen MR) is 57.7 cm³/mol. The highest BCUT2D eigenvalue weighted by molar-refractivity contribution is 6.04. The standard InChI is InChI=1S/C11H10FN3O/c1-7-2-3-8(12)6-9(7)11(16)14-10-4-5-13-15-10/h2-6H,1H3,(H2,13,14,15,16). The number of amides is 1. The number of aromatic nitrogens is 2. The Kier molecular flexibility index (Phi) is 2.68. The number of benzene rings is 1. The molecule has 0 atom stereocenters. The Balaban J connectivity index is 2.24. The zero-order chi connectivity index (χ0) is 11.5. The first kappa shape index (κ1) is 10.4. The molecule has 0 bridgehead atoms. The lowest BCUT2D eigenvalue weighted by atomic mass is 10.1. The molecule has 0 spiro atoms. The van der Waals surface area contributed by atoms with Gasteiger partial charge in [-0.2, -0.15) is 5.10 Å². The quantitative estimate of drug-likeness (QED) is 0.812. The number of rotatable bonds is 2. The van der Waals surface area contributed by atoms with E-state index in [4.69, 9.17) is 0 Å². The van der Waals surface area contributed by atoms with Crippen LogP contribution in [0.15, 0.2) is 30.5 Å². The number of halogens is 1. The minimum absolute atomic E-state index is 0.314. The van der Waals surface area contributed by atoms with Crippen LogP contribution in [0, 0.1) is 12.7 Å². The molecule has 1 aromatic heterocycles. The largest absolute Gasteiger partial charge is 0.307 e. The van der Waals surface area contributed by atoms with Gasteiger partial charge in [0.15, 0.2) is 0 Å². The molecule has 2 aromatic rings. The molecule has 4 nitrogen and oxygen atoms in total. The van der Waals surface area contributed by atoms with Gasteiger partial charge < -0.3 is 5.32 Å². The van der Waals surface area contributed by atoms with Crippen LogP contribution in [0.2, 0.25) is 0 Å². The fourth-order valence-electron chi connectivity index (χ4n) is 1.35. The fourth-order valence-corrected chi connectivity index (χ4v) is 1.35. The van der Waals surface area contributed by atoms with Gasteiger partial charge in [0.25, 0.3) is 5.91 Å². The third-order valence-electron chi connectivity index (χ3n) is 2.19. The van der Waals surface area contributed by atoms with Gasteiger partial charge in [0.2, 0.25) is 0 Å². The molecule has 0 saturated carbocycles. The number of carbonyl (C=O) groups is 1. The molecule has 1 heterocycles. The van der Waals surface area contributed by atoms with E-state index in [1.165, 1.54) is 18.3 Å². The van der Waals surface area contributed by atoms with E-state index in [1.807, 2.05) is 0 Å². The summed E-state index contributed by atoms with van der Waals surface area (Å²) in [4.78, 5) is 11.8. The van der Waals surface area contributed by atoms with Gasteiger partial charge in [0.05, 0.1) is 6.20 Å². The van der Waals surface area contributed by atoms with Crippen molar-refractivity contribution in [3.8, 4) is 0 Å². The smallest absolute Gasteiger partial charge is 0.257 e. The van der Waals surface area contributed by atoms with Crippen molar-refractivity contribution >= 4 is 11.7 Å². The summed E-state index contributed by atoms with van der Waals surface area (Å²) < 4.78 is 13.0. The van der Waals surface area contributed by atoms with Crippen molar-refractivity contribution in [1.82, 2.24) is 10.2 Å². The van der Waals surface area contributed by atoms with Gasteiger partial charge in [0, 0.05) is 11.6 Å². The minimum Gasteiger partial charge on any atom is -0.307 e. The number of hydrogen-bond acceptors (Lipinski definition) is 2. The van der Waals surface area contributed by atoms with E-state index in [2.05, 4.69) is 15.5 Å². The first-order valence-electron chi connectivity index (χ1n) is 4.73. The maximum atomic E-state index is 13.0. The molecule has 16 heavy (non-hydrogen) atoms. The molecule has 0 aliphatic rings. The second kappa shape index (κ2) is 4.14. The highest BCUT2D eigenvalue weighted by Crippen LogP contribution is 2.12. The first-order valence-corrected chi connectivity index (χ1v) is 4.73. The summed E-state index contributed by atoms with van der Waals surface area (Å²) in [5.74, 6) is -0.310. The number of hydrogen-bond donors (Lipinski definition) is 2. The van der Waals surface area contributed by atoms with Gasteiger partial charge in [-0.1, -0.05) is 6.07 Å². The van der Waals surface area contributed by atoms with Gasteiger partial charge in [-0.3, -0.25) is 9.89 Å². The Bertz CT molecular complexity index is 508. The van der Waals surface area contributed by atoms with Crippen LogP contribution in [0.4, 0.5) is 10.2 Å². The Labute approximate surface area is 91.5 Å². The number of H-pyrrole nitrogens is 1. The Morgan fingerprint density at radius 1 is 1.44 bits per heavy atom. The first-order chi connectivity index (χ1) is 7.66. The highest BCUT2D eigenvalue weighted by atomic mass is 19.1. The Morgan fingerprint density at radius 3 is 2.94 bits per heavy atom. The van der Waals surface area contributed by atoms with E-state index in [0.717, 1.165) is 5.56 Å². The summed E-state index contributed by atoms with van der Waals surface area (Å²) in [5, 5.41) is 8.87. The second-order valence-electron chi connectivity index (χ2n) is 3.38. The molecule has 1 amide bonds. The summed E-state index contributed by atoms with van der Waals surface area (Å²) in [6, 6.07) is 5.72. The highest BCUT2D eigenvalue weighted by Gasteiger charge is 2.10. The van der Waals surface area contributed by atoms with Crippen LogP contribution < -0.4 is 5.32 Å². The normalized spacial score (nSPS) is 10.1. The van der Waals surface area contributed by atoms with Crippen LogP contribution >= 0.6 is 0 Å². The van der Waals surface area contributed by atoms with E-state index in [0.29, 0.717) is 11.4 Å². The topological polar surface area (TPSA) is 57.8 Å². The van der Waals surface area contributed by atoms with E-state index >= 15 is 0 Å². The van der Waals surface area contributed by atoms with Gasteiger partial charge in [-0.05, 0) is 24.6 Å². The molecule has 82 valence electrons. The van der Waals surface area contributed by atoms with E-state index < -0.39 is 5.82 Å². The average molecular weight is 219 g/mol. The van der Waals surface area contributed by atoms with Crippen molar-refractivity contribution in [3.05, 3.63) is 47.4 Å². The zero-order valence-electron chi connectivity index (χ0n) is 8.62. The lowest BCUT2D eigenvalue weighted by molar-refractivity contribution is 0.102. The average Bonchev–Trinajstić information content (AvgIpc) is 2.74. The van der Waals surface area contributed by atoms with Gasteiger partial charge >= 0.3 is 0 Å². The second-order valence-corrected chi connectivity index (χ2v) is 3.38. The van der Waals surface area contributed by atoms with E-state index in [1.54, 1.807) is 19.1 Å².